The van der Waals surface area contributed by atoms with Gasteiger partial charge in [-0.15, -0.1) is 0 Å². The highest BCUT2D eigenvalue weighted by molar-refractivity contribution is 6.02. The summed E-state index contributed by atoms with van der Waals surface area (Å²) >= 11 is 0. The first-order chi connectivity index (χ1) is 15.6. The highest BCUT2D eigenvalue weighted by Crippen LogP contribution is 2.29. The fourth-order valence-corrected chi connectivity index (χ4v) is 3.49. The summed E-state index contributed by atoms with van der Waals surface area (Å²) in [5.41, 5.74) is 6.65. The Bertz CT molecular complexity index is 950. The number of pyridine rings is 2. The molecule has 1 unspecified atom stereocenters. The number of aromatic nitrogens is 2. The van der Waals surface area contributed by atoms with Gasteiger partial charge in [0.05, 0.1) is 13.2 Å². The molecule has 0 aliphatic heterocycles. The van der Waals surface area contributed by atoms with Crippen molar-refractivity contribution >= 4 is 28.9 Å². The topological polar surface area (TPSA) is 133 Å². The van der Waals surface area contributed by atoms with Crippen LogP contribution in [0.25, 0.3) is 0 Å². The fourth-order valence-electron chi connectivity index (χ4n) is 3.49. The highest BCUT2D eigenvalue weighted by Gasteiger charge is 2.20. The maximum atomic E-state index is 10.7. The van der Waals surface area contributed by atoms with Gasteiger partial charge in [-0.2, -0.15) is 5.43 Å². The molecule has 10 nitrogen and oxygen atoms in total. The molecule has 0 fully saturated rings. The minimum atomic E-state index is -1.15. The van der Waals surface area contributed by atoms with Crippen molar-refractivity contribution in [3.8, 4) is 0 Å². The third-order valence-electron chi connectivity index (χ3n) is 5.26. The first kappa shape index (κ1) is 26.3. The number of aliphatic hydroxyl groups excluding tert-OH is 2. The number of hydrogen-bond donors (Lipinski definition) is 6. The number of hydrazine groups is 1. The van der Waals surface area contributed by atoms with E-state index in [4.69, 9.17) is 5.41 Å². The Morgan fingerprint density at radius 1 is 1.18 bits per heavy atom. The normalized spacial score (nSPS) is 11.9. The number of nitrogens with one attached hydrogen (secondary N) is 4. The lowest BCUT2D eigenvalue weighted by atomic mass is 9.95. The number of aliphatic hydroxyl groups is 2. The Hall–Kier alpha value is -2.95. The third-order valence-corrected chi connectivity index (χ3v) is 5.26. The molecule has 0 aromatic carbocycles. The molecule has 0 aliphatic rings. The van der Waals surface area contributed by atoms with Crippen LogP contribution in [0, 0.1) is 12.3 Å². The molecule has 10 heteroatoms. The average molecular weight is 459 g/mol. The maximum absolute atomic E-state index is 10.7. The molecular formula is C23H38N8O2. The second-order valence-corrected chi connectivity index (χ2v) is 8.24. The third kappa shape index (κ3) is 6.77. The van der Waals surface area contributed by atoms with Gasteiger partial charge in [-0.05, 0) is 44.4 Å². The van der Waals surface area contributed by atoms with Crippen molar-refractivity contribution in [3.05, 3.63) is 35.0 Å². The van der Waals surface area contributed by atoms with Gasteiger partial charge in [0.15, 0.2) is 6.35 Å². The highest BCUT2D eigenvalue weighted by atomic mass is 16.3. The van der Waals surface area contributed by atoms with E-state index in [0.29, 0.717) is 23.0 Å². The standard InChI is InChI=1S/C23H38N8O2/c1-8-30(7)19-12-17(11-15(4)26-19)27-23(33)29-31(9-10-32)20-13-18(14(2)3)21(16(5)24)22(25-6)28-20/h11-14,23-24,29,32-33H,8-10H2,1-7H3,(H,25,28)(H,26,27). The van der Waals surface area contributed by atoms with Crippen LogP contribution >= 0.6 is 0 Å². The quantitative estimate of drug-likeness (QED) is 0.161. The zero-order chi connectivity index (χ0) is 24.7. The van der Waals surface area contributed by atoms with Gasteiger partial charge in [0.1, 0.15) is 17.5 Å². The Morgan fingerprint density at radius 3 is 2.42 bits per heavy atom. The fraction of sp³-hybridized carbons (Fsp3) is 0.522. The van der Waals surface area contributed by atoms with Crippen molar-refractivity contribution in [2.24, 2.45) is 0 Å². The largest absolute Gasteiger partial charge is 0.394 e. The van der Waals surface area contributed by atoms with Crippen LogP contribution in [0.1, 0.15) is 50.4 Å². The van der Waals surface area contributed by atoms with Crippen molar-refractivity contribution in [3.63, 3.8) is 0 Å². The van der Waals surface area contributed by atoms with Crippen molar-refractivity contribution in [2.45, 2.75) is 46.9 Å². The van der Waals surface area contributed by atoms with Crippen molar-refractivity contribution in [1.29, 1.82) is 5.41 Å². The first-order valence-corrected chi connectivity index (χ1v) is 11.2. The van der Waals surface area contributed by atoms with Crippen molar-refractivity contribution in [2.75, 3.05) is 54.3 Å². The summed E-state index contributed by atoms with van der Waals surface area (Å²) in [7, 11) is 3.72. The molecule has 2 rings (SSSR count). The van der Waals surface area contributed by atoms with Crippen LogP contribution in [0.4, 0.5) is 23.1 Å². The van der Waals surface area contributed by atoms with Crippen LogP contribution in [-0.4, -0.2) is 66.0 Å². The molecule has 1 atom stereocenters. The van der Waals surface area contributed by atoms with E-state index in [0.717, 1.165) is 29.2 Å². The number of anilines is 4. The molecule has 182 valence electrons. The number of aryl methyl sites for hydroxylation is 1. The zero-order valence-corrected chi connectivity index (χ0v) is 20.7. The van der Waals surface area contributed by atoms with Gasteiger partial charge < -0.3 is 31.2 Å². The molecule has 0 aliphatic carbocycles. The lowest BCUT2D eigenvalue weighted by Crippen LogP contribution is -2.50. The monoisotopic (exact) mass is 458 g/mol. The summed E-state index contributed by atoms with van der Waals surface area (Å²) in [6.07, 6.45) is -1.15. The van der Waals surface area contributed by atoms with Gasteiger partial charge in [-0.3, -0.25) is 5.01 Å². The molecule has 0 amide bonds. The molecule has 0 spiro atoms. The minimum Gasteiger partial charge on any atom is -0.394 e. The summed E-state index contributed by atoms with van der Waals surface area (Å²) < 4.78 is 0. The molecule has 2 aromatic heterocycles. The summed E-state index contributed by atoms with van der Waals surface area (Å²) in [5, 5.41) is 36.2. The van der Waals surface area contributed by atoms with E-state index in [9.17, 15) is 10.2 Å². The van der Waals surface area contributed by atoms with Gasteiger partial charge in [0.25, 0.3) is 0 Å². The number of rotatable bonds is 12. The molecule has 6 N–H and O–H groups in total. The van der Waals surface area contributed by atoms with Gasteiger partial charge in [-0.1, -0.05) is 13.8 Å². The zero-order valence-electron chi connectivity index (χ0n) is 20.7. The van der Waals surface area contributed by atoms with Crippen LogP contribution in [0.15, 0.2) is 18.2 Å². The van der Waals surface area contributed by atoms with E-state index in [1.54, 1.807) is 19.0 Å². The predicted octanol–water partition coefficient (Wildman–Crippen LogP) is 2.49. The van der Waals surface area contributed by atoms with Gasteiger partial charge >= 0.3 is 0 Å². The summed E-state index contributed by atoms with van der Waals surface area (Å²) in [6, 6.07) is 5.61. The molecule has 0 bridgehead atoms. The van der Waals surface area contributed by atoms with Crippen LogP contribution in [0.3, 0.4) is 0 Å². The van der Waals surface area contributed by atoms with Crippen LogP contribution < -0.4 is 26.0 Å². The lowest BCUT2D eigenvalue weighted by molar-refractivity contribution is 0.156. The average Bonchev–Trinajstić information content (AvgIpc) is 2.76. The molecule has 2 aromatic rings. The first-order valence-electron chi connectivity index (χ1n) is 11.2. The van der Waals surface area contributed by atoms with Crippen molar-refractivity contribution in [1.82, 2.24) is 15.4 Å². The summed E-state index contributed by atoms with van der Waals surface area (Å²) in [6.45, 7) is 10.7. The molecular weight excluding hydrogens is 420 g/mol. The smallest absolute Gasteiger partial charge is 0.198 e. The molecule has 0 radical (unpaired) electrons. The molecule has 33 heavy (non-hydrogen) atoms. The van der Waals surface area contributed by atoms with Gasteiger partial charge in [0.2, 0.25) is 0 Å². The molecule has 0 saturated carbocycles. The van der Waals surface area contributed by atoms with Gasteiger partial charge in [0, 0.05) is 49.4 Å². The van der Waals surface area contributed by atoms with Crippen LogP contribution in [0.2, 0.25) is 0 Å². The van der Waals surface area contributed by atoms with E-state index in [-0.39, 0.29) is 19.1 Å². The predicted molar refractivity (Wildman–Crippen MR) is 135 cm³/mol. The van der Waals surface area contributed by atoms with E-state index in [1.165, 1.54) is 0 Å². The van der Waals surface area contributed by atoms with E-state index < -0.39 is 6.35 Å². The Balaban J connectivity index is 2.33. The number of hydrogen-bond acceptors (Lipinski definition) is 10. The Labute approximate surface area is 196 Å². The maximum Gasteiger partial charge on any atom is 0.198 e. The molecule has 0 saturated heterocycles. The summed E-state index contributed by atoms with van der Waals surface area (Å²) in [4.78, 5) is 11.2. The second kappa shape index (κ2) is 11.8. The molecule has 2 heterocycles. The van der Waals surface area contributed by atoms with E-state index in [1.807, 2.05) is 44.0 Å². The minimum absolute atomic E-state index is 0.140. The van der Waals surface area contributed by atoms with Crippen molar-refractivity contribution < 1.29 is 10.2 Å². The Morgan fingerprint density at radius 2 is 1.88 bits per heavy atom. The van der Waals surface area contributed by atoms with E-state index >= 15 is 0 Å². The second-order valence-electron chi connectivity index (χ2n) is 8.24. The SMILES string of the molecule is CCN(C)c1cc(NC(O)NN(CCO)c2cc(C(C)C)c(C(C)=N)c(NC)n2)cc(C)n1. The van der Waals surface area contributed by atoms with E-state index in [2.05, 4.69) is 39.9 Å². The summed E-state index contributed by atoms with van der Waals surface area (Å²) in [5.74, 6) is 2.06. The van der Waals surface area contributed by atoms with Crippen LogP contribution in [-0.2, 0) is 0 Å². The van der Waals surface area contributed by atoms with Gasteiger partial charge in [-0.25, -0.2) is 9.97 Å². The number of nitrogens with zero attached hydrogens (tertiary/aromatic N) is 4. The lowest BCUT2D eigenvalue weighted by Gasteiger charge is -2.29. The van der Waals surface area contributed by atoms with Crippen LogP contribution in [0.5, 0.6) is 0 Å². The Kier molecular flexibility index (Phi) is 9.39.